The molecule has 3 heterocycles. The minimum atomic E-state index is -0.282. The molecule has 1 aliphatic rings. The van der Waals surface area contributed by atoms with Gasteiger partial charge in [-0.15, -0.1) is 0 Å². The zero-order chi connectivity index (χ0) is 17.6. The van der Waals surface area contributed by atoms with Crippen LogP contribution in [0.1, 0.15) is 6.92 Å². The Labute approximate surface area is 145 Å². The van der Waals surface area contributed by atoms with Gasteiger partial charge < -0.3 is 25.6 Å². The molecule has 3 N–H and O–H groups in total. The number of piperazine rings is 1. The topological polar surface area (TPSA) is 110 Å². The van der Waals surface area contributed by atoms with Crippen molar-refractivity contribution in [3.8, 4) is 0 Å². The fourth-order valence-corrected chi connectivity index (χ4v) is 2.61. The van der Waals surface area contributed by atoms with Crippen molar-refractivity contribution < 1.29 is 9.53 Å². The average Bonchev–Trinajstić information content (AvgIpc) is 2.65. The number of amides is 1. The lowest BCUT2D eigenvalue weighted by Crippen LogP contribution is -2.49. The van der Waals surface area contributed by atoms with E-state index < -0.39 is 0 Å². The number of nitrogens with zero attached hydrogens (tertiary/aromatic N) is 5. The van der Waals surface area contributed by atoms with Crippen LogP contribution in [0.25, 0.3) is 0 Å². The van der Waals surface area contributed by atoms with Crippen molar-refractivity contribution in [3.05, 3.63) is 30.7 Å². The maximum absolute atomic E-state index is 11.8. The Morgan fingerprint density at radius 1 is 1.24 bits per heavy atom. The highest BCUT2D eigenvalue weighted by molar-refractivity contribution is 5.77. The fraction of sp³-hybridized carbons (Fsp3) is 0.375. The Bertz CT molecular complexity index is 718. The van der Waals surface area contributed by atoms with Crippen LogP contribution in [0.3, 0.4) is 0 Å². The number of hydrogen-bond acceptors (Lipinski definition) is 8. The second-order valence-corrected chi connectivity index (χ2v) is 5.47. The van der Waals surface area contributed by atoms with Gasteiger partial charge in [-0.2, -0.15) is 0 Å². The molecule has 1 fully saturated rings. The smallest absolute Gasteiger partial charge is 0.409 e. The molecule has 0 atom stereocenters. The first kappa shape index (κ1) is 16.7. The summed E-state index contributed by atoms with van der Waals surface area (Å²) in [4.78, 5) is 28.2. The highest BCUT2D eigenvalue weighted by atomic mass is 16.6. The number of nitrogens with one attached hydrogen (secondary N) is 1. The van der Waals surface area contributed by atoms with Gasteiger partial charge in [0, 0.05) is 32.4 Å². The summed E-state index contributed by atoms with van der Waals surface area (Å²) < 4.78 is 5.03. The number of hydrogen-bond donors (Lipinski definition) is 2. The molecule has 0 aromatic carbocycles. The number of anilines is 4. The van der Waals surface area contributed by atoms with Crippen LogP contribution in [-0.2, 0) is 4.74 Å². The number of nitrogens with two attached hydrogens (primary N) is 1. The maximum Gasteiger partial charge on any atom is 0.409 e. The summed E-state index contributed by atoms with van der Waals surface area (Å²) in [5.41, 5.74) is 6.70. The van der Waals surface area contributed by atoms with Crippen molar-refractivity contribution in [2.75, 3.05) is 48.7 Å². The molecule has 9 nitrogen and oxygen atoms in total. The Morgan fingerprint density at radius 3 is 2.72 bits per heavy atom. The zero-order valence-corrected chi connectivity index (χ0v) is 14.1. The third-order valence-electron chi connectivity index (χ3n) is 3.88. The first-order valence-corrected chi connectivity index (χ1v) is 8.14. The largest absolute Gasteiger partial charge is 0.450 e. The van der Waals surface area contributed by atoms with Gasteiger partial charge in [0.2, 0.25) is 0 Å². The number of carbonyl (C=O) groups excluding carboxylic acids is 1. The number of ether oxygens (including phenoxy) is 1. The normalized spacial score (nSPS) is 14.3. The predicted molar refractivity (Wildman–Crippen MR) is 94.8 cm³/mol. The van der Waals surface area contributed by atoms with Crippen LogP contribution >= 0.6 is 0 Å². The zero-order valence-electron chi connectivity index (χ0n) is 14.1. The molecule has 0 saturated carbocycles. The Kier molecular flexibility index (Phi) is 5.12. The number of carbonyl (C=O) groups is 1. The van der Waals surface area contributed by atoms with E-state index in [9.17, 15) is 4.79 Å². The molecule has 1 amide bonds. The average molecular weight is 343 g/mol. The minimum Gasteiger partial charge on any atom is -0.450 e. The van der Waals surface area contributed by atoms with Gasteiger partial charge in [0.05, 0.1) is 6.61 Å². The van der Waals surface area contributed by atoms with Gasteiger partial charge in [-0.05, 0) is 19.1 Å². The second-order valence-electron chi connectivity index (χ2n) is 5.47. The molecule has 9 heteroatoms. The van der Waals surface area contributed by atoms with Gasteiger partial charge in [0.15, 0.2) is 11.6 Å². The maximum atomic E-state index is 11.8. The predicted octanol–water partition coefficient (Wildman–Crippen LogP) is 1.48. The van der Waals surface area contributed by atoms with Crippen molar-refractivity contribution >= 4 is 29.2 Å². The van der Waals surface area contributed by atoms with Crippen LogP contribution in [0, 0.1) is 0 Å². The molecule has 0 radical (unpaired) electrons. The van der Waals surface area contributed by atoms with E-state index in [0.29, 0.717) is 55.9 Å². The standard InChI is InChI=1S/C16H21N7O2/c1-2-25-16(24)23-9-7-22(8-10-23)15-13(17)14(19-11-20-15)21-12-5-3-4-6-18-12/h3-6,11H,2,7-10,17H2,1H3,(H,18,19,20,21). The first-order valence-electron chi connectivity index (χ1n) is 8.14. The minimum absolute atomic E-state index is 0.282. The number of pyridine rings is 1. The third kappa shape index (κ3) is 3.87. The quantitative estimate of drug-likeness (QED) is 0.859. The third-order valence-corrected chi connectivity index (χ3v) is 3.88. The lowest BCUT2D eigenvalue weighted by atomic mass is 10.3. The summed E-state index contributed by atoms with van der Waals surface area (Å²) in [6.45, 7) is 4.55. The summed E-state index contributed by atoms with van der Waals surface area (Å²) in [6.07, 6.45) is 2.87. The van der Waals surface area contributed by atoms with E-state index in [1.54, 1.807) is 18.0 Å². The van der Waals surface area contributed by atoms with E-state index in [1.807, 2.05) is 23.1 Å². The molecule has 3 rings (SSSR count). The molecular weight excluding hydrogens is 322 g/mol. The molecule has 25 heavy (non-hydrogen) atoms. The summed E-state index contributed by atoms with van der Waals surface area (Å²) in [6, 6.07) is 5.55. The van der Waals surface area contributed by atoms with E-state index in [4.69, 9.17) is 10.5 Å². The molecule has 2 aromatic rings. The molecule has 0 unspecified atom stereocenters. The summed E-state index contributed by atoms with van der Waals surface area (Å²) in [5.74, 6) is 1.82. The molecule has 1 aliphatic heterocycles. The van der Waals surface area contributed by atoms with E-state index in [0.717, 1.165) is 0 Å². The van der Waals surface area contributed by atoms with Crippen molar-refractivity contribution in [2.45, 2.75) is 6.92 Å². The van der Waals surface area contributed by atoms with E-state index in [2.05, 4.69) is 20.3 Å². The number of nitrogen functional groups attached to an aromatic ring is 1. The van der Waals surface area contributed by atoms with Crippen molar-refractivity contribution in [1.82, 2.24) is 19.9 Å². The highest BCUT2D eigenvalue weighted by Gasteiger charge is 2.24. The van der Waals surface area contributed by atoms with Gasteiger partial charge in [0.25, 0.3) is 0 Å². The first-order chi connectivity index (χ1) is 12.2. The van der Waals surface area contributed by atoms with E-state index in [-0.39, 0.29) is 6.09 Å². The summed E-state index contributed by atoms with van der Waals surface area (Å²) in [7, 11) is 0. The highest BCUT2D eigenvalue weighted by Crippen LogP contribution is 2.28. The molecule has 0 spiro atoms. The number of aromatic nitrogens is 3. The summed E-state index contributed by atoms with van der Waals surface area (Å²) in [5, 5.41) is 3.10. The van der Waals surface area contributed by atoms with Gasteiger partial charge in [-0.1, -0.05) is 6.07 Å². The van der Waals surface area contributed by atoms with Crippen LogP contribution in [0.5, 0.6) is 0 Å². The Morgan fingerprint density at radius 2 is 2.04 bits per heavy atom. The van der Waals surface area contributed by atoms with Crippen LogP contribution in [0.15, 0.2) is 30.7 Å². The molecular formula is C16H21N7O2. The molecule has 1 saturated heterocycles. The van der Waals surface area contributed by atoms with Crippen LogP contribution in [0.2, 0.25) is 0 Å². The van der Waals surface area contributed by atoms with Gasteiger partial charge in [0.1, 0.15) is 17.8 Å². The Balaban J connectivity index is 1.69. The Hall–Kier alpha value is -3.10. The van der Waals surface area contributed by atoms with Gasteiger partial charge >= 0.3 is 6.09 Å². The van der Waals surface area contributed by atoms with Crippen LogP contribution in [0.4, 0.5) is 27.9 Å². The second kappa shape index (κ2) is 7.65. The van der Waals surface area contributed by atoms with Gasteiger partial charge in [-0.25, -0.2) is 19.7 Å². The van der Waals surface area contributed by atoms with E-state index in [1.165, 1.54) is 6.33 Å². The monoisotopic (exact) mass is 343 g/mol. The van der Waals surface area contributed by atoms with Crippen molar-refractivity contribution in [3.63, 3.8) is 0 Å². The van der Waals surface area contributed by atoms with Crippen LogP contribution < -0.4 is 16.0 Å². The lowest BCUT2D eigenvalue weighted by Gasteiger charge is -2.35. The molecule has 0 aliphatic carbocycles. The number of rotatable bonds is 4. The van der Waals surface area contributed by atoms with Gasteiger partial charge in [-0.3, -0.25) is 0 Å². The van der Waals surface area contributed by atoms with Crippen molar-refractivity contribution in [1.29, 1.82) is 0 Å². The van der Waals surface area contributed by atoms with Crippen LogP contribution in [-0.4, -0.2) is 58.7 Å². The molecule has 2 aromatic heterocycles. The lowest BCUT2D eigenvalue weighted by molar-refractivity contribution is 0.105. The molecule has 132 valence electrons. The van der Waals surface area contributed by atoms with E-state index >= 15 is 0 Å². The molecule has 0 bridgehead atoms. The summed E-state index contributed by atoms with van der Waals surface area (Å²) >= 11 is 0. The fourth-order valence-electron chi connectivity index (χ4n) is 2.61. The van der Waals surface area contributed by atoms with Crippen molar-refractivity contribution in [2.24, 2.45) is 0 Å². The SMILES string of the molecule is CCOC(=O)N1CCN(c2ncnc(Nc3ccccn3)c2N)CC1.